The molecule has 100 valence electrons. The van der Waals surface area contributed by atoms with Crippen molar-refractivity contribution in [3.05, 3.63) is 11.7 Å². The van der Waals surface area contributed by atoms with Gasteiger partial charge in [0.2, 0.25) is 5.89 Å². The molecule has 1 heterocycles. The zero-order valence-electron chi connectivity index (χ0n) is 10.6. The standard InChI is InChI=1S/C12H19N3O3/c1-8-14-11(18-15-8)7-13-6-9-2-4-10(5-3-9)12(16)17/h9-10,13H,2-7H2,1H3,(H,16,17). The summed E-state index contributed by atoms with van der Waals surface area (Å²) in [6.07, 6.45) is 3.54. The summed E-state index contributed by atoms with van der Waals surface area (Å²) in [6.45, 7) is 3.26. The highest BCUT2D eigenvalue weighted by molar-refractivity contribution is 5.69. The highest BCUT2D eigenvalue weighted by Crippen LogP contribution is 2.28. The molecule has 0 atom stereocenters. The molecule has 0 unspecified atom stereocenters. The van der Waals surface area contributed by atoms with Crippen molar-refractivity contribution < 1.29 is 14.4 Å². The quantitative estimate of drug-likeness (QED) is 0.823. The van der Waals surface area contributed by atoms with Crippen molar-refractivity contribution in [2.24, 2.45) is 11.8 Å². The second kappa shape index (κ2) is 5.95. The molecule has 0 aliphatic heterocycles. The van der Waals surface area contributed by atoms with E-state index in [1.807, 2.05) is 0 Å². The normalized spacial score (nSPS) is 24.1. The lowest BCUT2D eigenvalue weighted by atomic mass is 9.82. The van der Waals surface area contributed by atoms with Crippen molar-refractivity contribution in [1.29, 1.82) is 0 Å². The fraction of sp³-hybridized carbons (Fsp3) is 0.750. The van der Waals surface area contributed by atoms with E-state index in [1.165, 1.54) is 0 Å². The van der Waals surface area contributed by atoms with E-state index >= 15 is 0 Å². The lowest BCUT2D eigenvalue weighted by molar-refractivity contribution is -0.143. The lowest BCUT2D eigenvalue weighted by Crippen LogP contribution is -2.28. The van der Waals surface area contributed by atoms with E-state index in [0.717, 1.165) is 32.2 Å². The van der Waals surface area contributed by atoms with Crippen molar-refractivity contribution in [3.8, 4) is 0 Å². The number of aromatic nitrogens is 2. The van der Waals surface area contributed by atoms with Crippen LogP contribution in [0.3, 0.4) is 0 Å². The Kier molecular flexibility index (Phi) is 4.30. The molecule has 1 aliphatic rings. The van der Waals surface area contributed by atoms with Crippen LogP contribution in [0, 0.1) is 18.8 Å². The number of carboxylic acids is 1. The number of aliphatic carboxylic acids is 1. The van der Waals surface area contributed by atoms with Gasteiger partial charge in [-0.05, 0) is 45.1 Å². The summed E-state index contributed by atoms with van der Waals surface area (Å²) in [6, 6.07) is 0. The third-order valence-electron chi connectivity index (χ3n) is 3.47. The molecular weight excluding hydrogens is 234 g/mol. The van der Waals surface area contributed by atoms with Crippen LogP contribution < -0.4 is 5.32 Å². The van der Waals surface area contributed by atoms with Crippen molar-refractivity contribution in [3.63, 3.8) is 0 Å². The van der Waals surface area contributed by atoms with Crippen molar-refractivity contribution >= 4 is 5.97 Å². The molecule has 0 spiro atoms. The van der Waals surface area contributed by atoms with Gasteiger partial charge in [0.05, 0.1) is 12.5 Å². The molecule has 0 aromatic carbocycles. The van der Waals surface area contributed by atoms with Crippen molar-refractivity contribution in [1.82, 2.24) is 15.5 Å². The molecule has 0 radical (unpaired) electrons. The number of nitrogens with zero attached hydrogens (tertiary/aromatic N) is 2. The van der Waals surface area contributed by atoms with Gasteiger partial charge in [0.25, 0.3) is 0 Å². The fourth-order valence-electron chi connectivity index (χ4n) is 2.41. The smallest absolute Gasteiger partial charge is 0.306 e. The van der Waals surface area contributed by atoms with Crippen LogP contribution in [-0.4, -0.2) is 27.8 Å². The van der Waals surface area contributed by atoms with Crippen LogP contribution in [0.15, 0.2) is 4.52 Å². The van der Waals surface area contributed by atoms with Gasteiger partial charge in [0.15, 0.2) is 5.82 Å². The highest BCUT2D eigenvalue weighted by Gasteiger charge is 2.25. The third-order valence-corrected chi connectivity index (χ3v) is 3.47. The summed E-state index contributed by atoms with van der Waals surface area (Å²) in [5.74, 6) is 1.02. The molecule has 1 fully saturated rings. The first-order valence-corrected chi connectivity index (χ1v) is 6.38. The average Bonchev–Trinajstić information content (AvgIpc) is 2.76. The van der Waals surface area contributed by atoms with Crippen LogP contribution in [0.5, 0.6) is 0 Å². The molecule has 1 aliphatic carbocycles. The van der Waals surface area contributed by atoms with Crippen LogP contribution in [0.1, 0.15) is 37.4 Å². The van der Waals surface area contributed by atoms with Gasteiger partial charge in [-0.15, -0.1) is 0 Å². The summed E-state index contributed by atoms with van der Waals surface area (Å²) in [5, 5.41) is 15.9. The zero-order chi connectivity index (χ0) is 13.0. The second-order valence-electron chi connectivity index (χ2n) is 4.92. The van der Waals surface area contributed by atoms with E-state index < -0.39 is 5.97 Å². The van der Waals surface area contributed by atoms with Gasteiger partial charge in [-0.3, -0.25) is 4.79 Å². The molecule has 18 heavy (non-hydrogen) atoms. The minimum atomic E-state index is -0.650. The summed E-state index contributed by atoms with van der Waals surface area (Å²) >= 11 is 0. The Hall–Kier alpha value is -1.43. The first kappa shape index (κ1) is 13.0. The van der Waals surface area contributed by atoms with E-state index in [1.54, 1.807) is 6.92 Å². The second-order valence-corrected chi connectivity index (χ2v) is 4.92. The van der Waals surface area contributed by atoms with Crippen LogP contribution in [-0.2, 0) is 11.3 Å². The minimum Gasteiger partial charge on any atom is -0.481 e. The van der Waals surface area contributed by atoms with Crippen LogP contribution in [0.4, 0.5) is 0 Å². The third kappa shape index (κ3) is 3.53. The van der Waals surface area contributed by atoms with Crippen LogP contribution >= 0.6 is 0 Å². The Morgan fingerprint density at radius 1 is 1.44 bits per heavy atom. The molecule has 1 aromatic rings. The summed E-state index contributed by atoms with van der Waals surface area (Å²) in [5.41, 5.74) is 0. The van der Waals surface area contributed by atoms with E-state index in [-0.39, 0.29) is 5.92 Å². The predicted octanol–water partition coefficient (Wildman–Crippen LogP) is 1.36. The summed E-state index contributed by atoms with van der Waals surface area (Å²) < 4.78 is 5.00. The number of aryl methyl sites for hydroxylation is 1. The maximum Gasteiger partial charge on any atom is 0.306 e. The lowest BCUT2D eigenvalue weighted by Gasteiger charge is -2.25. The number of rotatable bonds is 5. The average molecular weight is 253 g/mol. The van der Waals surface area contributed by atoms with Crippen molar-refractivity contribution in [2.75, 3.05) is 6.54 Å². The molecule has 1 aromatic heterocycles. The number of hydrogen-bond acceptors (Lipinski definition) is 5. The maximum atomic E-state index is 10.8. The van der Waals surface area contributed by atoms with Gasteiger partial charge < -0.3 is 14.9 Å². The molecule has 0 amide bonds. The molecule has 1 saturated carbocycles. The first-order valence-electron chi connectivity index (χ1n) is 6.38. The number of hydrogen-bond donors (Lipinski definition) is 2. The molecule has 6 nitrogen and oxygen atoms in total. The summed E-state index contributed by atoms with van der Waals surface area (Å²) in [4.78, 5) is 14.9. The minimum absolute atomic E-state index is 0.139. The molecule has 2 rings (SSSR count). The zero-order valence-corrected chi connectivity index (χ0v) is 10.6. The van der Waals surface area contributed by atoms with E-state index in [2.05, 4.69) is 15.5 Å². The predicted molar refractivity (Wildman–Crippen MR) is 63.8 cm³/mol. The van der Waals surface area contributed by atoms with E-state index in [0.29, 0.717) is 24.2 Å². The number of nitrogens with one attached hydrogen (secondary N) is 1. The monoisotopic (exact) mass is 253 g/mol. The van der Waals surface area contributed by atoms with Gasteiger partial charge in [-0.1, -0.05) is 5.16 Å². The van der Waals surface area contributed by atoms with Gasteiger partial charge in [-0.2, -0.15) is 4.98 Å². The Morgan fingerprint density at radius 3 is 2.72 bits per heavy atom. The number of carboxylic acid groups (broad SMARTS) is 1. The van der Waals surface area contributed by atoms with Crippen LogP contribution in [0.2, 0.25) is 0 Å². The molecule has 0 saturated heterocycles. The largest absolute Gasteiger partial charge is 0.481 e. The topological polar surface area (TPSA) is 88.2 Å². The Bertz CT molecular complexity index is 397. The van der Waals surface area contributed by atoms with Gasteiger partial charge in [0, 0.05) is 0 Å². The molecule has 2 N–H and O–H groups in total. The summed E-state index contributed by atoms with van der Waals surface area (Å²) in [7, 11) is 0. The maximum absolute atomic E-state index is 10.8. The van der Waals surface area contributed by atoms with Crippen molar-refractivity contribution in [2.45, 2.75) is 39.2 Å². The van der Waals surface area contributed by atoms with Gasteiger partial charge in [-0.25, -0.2) is 0 Å². The van der Waals surface area contributed by atoms with Gasteiger partial charge in [0.1, 0.15) is 0 Å². The first-order chi connectivity index (χ1) is 8.65. The molecular formula is C12H19N3O3. The van der Waals surface area contributed by atoms with E-state index in [9.17, 15) is 4.79 Å². The highest BCUT2D eigenvalue weighted by atomic mass is 16.5. The number of carbonyl (C=O) groups is 1. The molecule has 6 heteroatoms. The fourth-order valence-corrected chi connectivity index (χ4v) is 2.41. The van der Waals surface area contributed by atoms with Gasteiger partial charge >= 0.3 is 5.97 Å². The Morgan fingerprint density at radius 2 is 2.17 bits per heavy atom. The van der Waals surface area contributed by atoms with E-state index in [4.69, 9.17) is 9.63 Å². The Balaban J connectivity index is 1.65. The van der Waals surface area contributed by atoms with Crippen LogP contribution in [0.25, 0.3) is 0 Å². The SMILES string of the molecule is Cc1noc(CNCC2CCC(C(=O)O)CC2)n1. The molecule has 0 bridgehead atoms. The Labute approximate surface area is 106 Å².